The molecule has 0 radical (unpaired) electrons. The van der Waals surface area contributed by atoms with Gasteiger partial charge < -0.3 is 4.90 Å². The minimum absolute atomic E-state index is 0.180. The molecule has 1 aromatic rings. The lowest BCUT2D eigenvalue weighted by molar-refractivity contribution is 0.330. The highest BCUT2D eigenvalue weighted by Crippen LogP contribution is 2.12. The van der Waals surface area contributed by atoms with E-state index in [4.69, 9.17) is 23.2 Å². The van der Waals surface area contributed by atoms with Crippen molar-refractivity contribution in [3.8, 4) is 0 Å². The van der Waals surface area contributed by atoms with Crippen molar-refractivity contribution in [2.75, 3.05) is 13.6 Å². The maximum Gasteiger partial charge on any atom is 0.0435 e. The first kappa shape index (κ1) is 11.8. The van der Waals surface area contributed by atoms with E-state index in [1.165, 1.54) is 5.56 Å². The largest absolute Gasteiger partial charge is 0.301 e. The molecule has 0 aliphatic rings. The molecular weight excluding hydrogens is 217 g/mol. The van der Waals surface area contributed by atoms with Gasteiger partial charge in [0.25, 0.3) is 0 Å². The number of nitrogens with zero attached hydrogens (tertiary/aromatic N) is 1. The van der Waals surface area contributed by atoms with E-state index in [-0.39, 0.29) is 5.38 Å². The number of rotatable bonds is 4. The molecule has 0 saturated heterocycles. The van der Waals surface area contributed by atoms with Gasteiger partial charge in [-0.05, 0) is 31.7 Å². The molecule has 14 heavy (non-hydrogen) atoms. The normalized spacial score (nSPS) is 13.2. The van der Waals surface area contributed by atoms with Crippen molar-refractivity contribution in [2.45, 2.75) is 18.8 Å². The number of halogens is 2. The smallest absolute Gasteiger partial charge is 0.0435 e. The molecule has 0 aliphatic heterocycles. The van der Waals surface area contributed by atoms with Crippen LogP contribution in [0.5, 0.6) is 0 Å². The summed E-state index contributed by atoms with van der Waals surface area (Å²) in [6, 6.07) is 7.91. The Morgan fingerprint density at radius 3 is 2.71 bits per heavy atom. The summed E-state index contributed by atoms with van der Waals surface area (Å²) in [6.07, 6.45) is 0. The summed E-state index contributed by atoms with van der Waals surface area (Å²) in [7, 11) is 2.06. The third kappa shape index (κ3) is 4.32. The van der Waals surface area contributed by atoms with Crippen LogP contribution in [0.2, 0.25) is 5.02 Å². The second kappa shape index (κ2) is 5.59. The average molecular weight is 232 g/mol. The number of alkyl halides is 1. The second-order valence-electron chi connectivity index (χ2n) is 3.61. The van der Waals surface area contributed by atoms with Gasteiger partial charge in [-0.1, -0.05) is 23.7 Å². The van der Waals surface area contributed by atoms with Crippen LogP contribution in [-0.4, -0.2) is 23.9 Å². The van der Waals surface area contributed by atoms with Gasteiger partial charge in [-0.25, -0.2) is 0 Å². The maximum absolute atomic E-state index is 5.90. The molecule has 3 heteroatoms. The van der Waals surface area contributed by atoms with Crippen LogP contribution in [0.25, 0.3) is 0 Å². The van der Waals surface area contributed by atoms with Crippen LogP contribution >= 0.6 is 23.2 Å². The fourth-order valence-electron chi connectivity index (χ4n) is 1.44. The van der Waals surface area contributed by atoms with Gasteiger partial charge >= 0.3 is 0 Å². The highest BCUT2D eigenvalue weighted by Gasteiger charge is 2.03. The first-order chi connectivity index (χ1) is 6.58. The fraction of sp³-hybridized carbons (Fsp3) is 0.455. The van der Waals surface area contributed by atoms with Crippen LogP contribution in [0.3, 0.4) is 0 Å². The van der Waals surface area contributed by atoms with Gasteiger partial charge in [0.1, 0.15) is 0 Å². The van der Waals surface area contributed by atoms with Crippen LogP contribution in [0, 0.1) is 0 Å². The summed E-state index contributed by atoms with van der Waals surface area (Å²) in [5.74, 6) is 0. The van der Waals surface area contributed by atoms with Gasteiger partial charge in [-0.2, -0.15) is 0 Å². The number of hydrogen-bond acceptors (Lipinski definition) is 1. The second-order valence-corrected chi connectivity index (χ2v) is 4.79. The Morgan fingerprint density at radius 2 is 2.14 bits per heavy atom. The Morgan fingerprint density at radius 1 is 1.43 bits per heavy atom. The van der Waals surface area contributed by atoms with Crippen molar-refractivity contribution < 1.29 is 0 Å². The van der Waals surface area contributed by atoms with E-state index in [1.807, 2.05) is 25.1 Å². The molecule has 0 fully saturated rings. The van der Waals surface area contributed by atoms with Gasteiger partial charge in [0.2, 0.25) is 0 Å². The van der Waals surface area contributed by atoms with Crippen LogP contribution in [0.1, 0.15) is 12.5 Å². The monoisotopic (exact) mass is 231 g/mol. The summed E-state index contributed by atoms with van der Waals surface area (Å²) < 4.78 is 0. The minimum atomic E-state index is 0.180. The van der Waals surface area contributed by atoms with Crippen LogP contribution in [0.4, 0.5) is 0 Å². The maximum atomic E-state index is 5.90. The van der Waals surface area contributed by atoms with Crippen molar-refractivity contribution in [3.05, 3.63) is 34.9 Å². The Kier molecular flexibility index (Phi) is 4.73. The molecule has 0 aliphatic carbocycles. The molecule has 78 valence electrons. The summed E-state index contributed by atoms with van der Waals surface area (Å²) >= 11 is 11.8. The van der Waals surface area contributed by atoms with Crippen molar-refractivity contribution in [3.63, 3.8) is 0 Å². The zero-order valence-electron chi connectivity index (χ0n) is 8.50. The van der Waals surface area contributed by atoms with E-state index < -0.39 is 0 Å². The van der Waals surface area contributed by atoms with Gasteiger partial charge in [0.15, 0.2) is 0 Å². The van der Waals surface area contributed by atoms with E-state index in [9.17, 15) is 0 Å². The molecule has 0 saturated carbocycles. The first-order valence-corrected chi connectivity index (χ1v) is 5.46. The average Bonchev–Trinajstić information content (AvgIpc) is 2.01. The van der Waals surface area contributed by atoms with E-state index in [2.05, 4.69) is 18.0 Å². The molecule has 0 spiro atoms. The summed E-state index contributed by atoms with van der Waals surface area (Å²) in [4.78, 5) is 2.18. The topological polar surface area (TPSA) is 3.24 Å². The quantitative estimate of drug-likeness (QED) is 0.719. The van der Waals surface area contributed by atoms with Crippen molar-refractivity contribution in [2.24, 2.45) is 0 Å². The Bertz CT molecular complexity index is 286. The zero-order chi connectivity index (χ0) is 10.6. The SMILES string of the molecule is CC(Cl)CN(C)Cc1cccc(Cl)c1. The van der Waals surface area contributed by atoms with E-state index >= 15 is 0 Å². The molecular formula is C11H15Cl2N. The Hall–Kier alpha value is -0.240. The molecule has 1 nitrogen and oxygen atoms in total. The van der Waals surface area contributed by atoms with Crippen molar-refractivity contribution >= 4 is 23.2 Å². The fourth-order valence-corrected chi connectivity index (χ4v) is 1.89. The molecule has 1 unspecified atom stereocenters. The predicted octanol–water partition coefficient (Wildman–Crippen LogP) is 3.40. The number of hydrogen-bond donors (Lipinski definition) is 0. The third-order valence-electron chi connectivity index (χ3n) is 1.90. The lowest BCUT2D eigenvalue weighted by atomic mass is 10.2. The first-order valence-electron chi connectivity index (χ1n) is 4.65. The van der Waals surface area contributed by atoms with Gasteiger partial charge in [-0.15, -0.1) is 11.6 Å². The lowest BCUT2D eigenvalue weighted by Gasteiger charge is -2.17. The summed E-state index contributed by atoms with van der Waals surface area (Å²) in [5.41, 5.74) is 1.22. The highest BCUT2D eigenvalue weighted by molar-refractivity contribution is 6.30. The lowest BCUT2D eigenvalue weighted by Crippen LogP contribution is -2.24. The van der Waals surface area contributed by atoms with E-state index in [0.29, 0.717) is 0 Å². The molecule has 0 heterocycles. The molecule has 0 aromatic heterocycles. The standard InChI is InChI=1S/C11H15Cl2N/c1-9(12)7-14(2)8-10-4-3-5-11(13)6-10/h3-6,9H,7-8H2,1-2H3. The minimum Gasteiger partial charge on any atom is -0.301 e. The Balaban J connectivity index is 2.51. The predicted molar refractivity (Wildman–Crippen MR) is 63.1 cm³/mol. The molecule has 0 N–H and O–H groups in total. The molecule has 0 amide bonds. The molecule has 0 bridgehead atoms. The van der Waals surface area contributed by atoms with Gasteiger partial charge in [0, 0.05) is 23.5 Å². The summed E-state index contributed by atoms with van der Waals surface area (Å²) in [5, 5.41) is 0.967. The zero-order valence-corrected chi connectivity index (χ0v) is 10.0. The van der Waals surface area contributed by atoms with Crippen LogP contribution in [-0.2, 0) is 6.54 Å². The molecule has 1 atom stereocenters. The summed E-state index contributed by atoms with van der Waals surface area (Å²) in [6.45, 7) is 3.77. The number of benzene rings is 1. The van der Waals surface area contributed by atoms with Crippen molar-refractivity contribution in [1.29, 1.82) is 0 Å². The van der Waals surface area contributed by atoms with E-state index in [0.717, 1.165) is 18.1 Å². The van der Waals surface area contributed by atoms with Gasteiger partial charge in [-0.3, -0.25) is 0 Å². The van der Waals surface area contributed by atoms with Crippen LogP contribution in [0.15, 0.2) is 24.3 Å². The van der Waals surface area contributed by atoms with Crippen molar-refractivity contribution in [1.82, 2.24) is 4.90 Å². The van der Waals surface area contributed by atoms with Gasteiger partial charge in [0.05, 0.1) is 0 Å². The Labute approximate surface area is 95.6 Å². The van der Waals surface area contributed by atoms with E-state index in [1.54, 1.807) is 0 Å². The molecule has 1 rings (SSSR count). The molecule has 1 aromatic carbocycles. The highest BCUT2D eigenvalue weighted by atomic mass is 35.5. The van der Waals surface area contributed by atoms with Crippen LogP contribution < -0.4 is 0 Å². The third-order valence-corrected chi connectivity index (χ3v) is 2.28.